The first kappa shape index (κ1) is 24.0. The zero-order valence-corrected chi connectivity index (χ0v) is 19.6. The number of carboxylic acid groups (broad SMARTS) is 1. The van der Waals surface area contributed by atoms with Crippen LogP contribution in [0.3, 0.4) is 0 Å². The third-order valence-corrected chi connectivity index (χ3v) is 7.95. The number of rotatable bonds is 10. The first-order valence-corrected chi connectivity index (χ1v) is 12.7. The van der Waals surface area contributed by atoms with Gasteiger partial charge >= 0.3 is 5.97 Å². The third kappa shape index (κ3) is 4.88. The lowest BCUT2D eigenvalue weighted by Crippen LogP contribution is -2.16. The molecule has 0 saturated heterocycles. The molecule has 0 radical (unpaired) electrons. The summed E-state index contributed by atoms with van der Waals surface area (Å²) < 4.78 is 32.1. The van der Waals surface area contributed by atoms with Gasteiger partial charge in [0.1, 0.15) is 10.5 Å². The molecular formula is C25H30O6S. The maximum Gasteiger partial charge on any atom is 0.335 e. The predicted octanol–water partition coefficient (Wildman–Crippen LogP) is 5.73. The fraction of sp³-hybridized carbons (Fsp3) is 0.440. The molecule has 1 heterocycles. The van der Waals surface area contributed by atoms with Crippen LogP contribution < -0.4 is 5.43 Å². The molecule has 0 spiro atoms. The molecule has 0 saturated carbocycles. The first-order chi connectivity index (χ1) is 15.2. The van der Waals surface area contributed by atoms with Crippen molar-refractivity contribution in [1.82, 2.24) is 0 Å². The molecule has 1 N–H and O–H groups in total. The van der Waals surface area contributed by atoms with Gasteiger partial charge in [-0.1, -0.05) is 39.0 Å². The Hall–Kier alpha value is -2.67. The number of carbonyl (C=O) groups is 1. The minimum Gasteiger partial charge on any atom is -0.478 e. The first-order valence-electron chi connectivity index (χ1n) is 11.2. The van der Waals surface area contributed by atoms with Crippen LogP contribution in [0.2, 0.25) is 0 Å². The molecule has 3 rings (SSSR count). The summed E-state index contributed by atoms with van der Waals surface area (Å²) in [5.74, 6) is -1.15. The van der Waals surface area contributed by atoms with Gasteiger partial charge in [0, 0.05) is 0 Å². The average molecular weight is 459 g/mol. The lowest BCUT2D eigenvalue weighted by Gasteiger charge is -2.13. The van der Waals surface area contributed by atoms with E-state index in [1.165, 1.54) is 37.5 Å². The SMILES string of the molecule is CCCCCCCCc1cc(S(=O)(=O)C(C)C)c2oc3ccc(C(=O)O)cc3c(=O)c2c1. The summed E-state index contributed by atoms with van der Waals surface area (Å²) in [6.45, 7) is 5.36. The van der Waals surface area contributed by atoms with Crippen molar-refractivity contribution in [3.8, 4) is 0 Å². The third-order valence-electron chi connectivity index (χ3n) is 5.79. The largest absolute Gasteiger partial charge is 0.478 e. The number of hydrogen-bond donors (Lipinski definition) is 1. The number of fused-ring (bicyclic) bond motifs is 2. The van der Waals surface area contributed by atoms with Gasteiger partial charge in [-0.15, -0.1) is 0 Å². The van der Waals surface area contributed by atoms with Crippen molar-refractivity contribution >= 4 is 37.7 Å². The highest BCUT2D eigenvalue weighted by molar-refractivity contribution is 7.92. The molecule has 6 nitrogen and oxygen atoms in total. The van der Waals surface area contributed by atoms with Crippen molar-refractivity contribution in [2.75, 3.05) is 0 Å². The molecule has 32 heavy (non-hydrogen) atoms. The Bertz CT molecular complexity index is 1300. The fourth-order valence-electron chi connectivity index (χ4n) is 3.84. The number of unbranched alkanes of at least 4 members (excludes halogenated alkanes) is 5. The van der Waals surface area contributed by atoms with Crippen molar-refractivity contribution in [3.05, 3.63) is 51.7 Å². The second kappa shape index (κ2) is 9.86. The summed E-state index contributed by atoms with van der Waals surface area (Å²) in [6.07, 6.45) is 7.30. The standard InChI is InChI=1S/C25H30O6S/c1-4-5-6-7-8-9-10-17-13-20-23(26)19-15-18(25(27)28)11-12-21(19)31-24(20)22(14-17)32(29,30)16(2)3/h11-16H,4-10H2,1-3H3,(H,27,28). The molecule has 0 bridgehead atoms. The van der Waals surface area contributed by atoms with Crippen LogP contribution in [0, 0.1) is 0 Å². The number of hydrogen-bond acceptors (Lipinski definition) is 5. The smallest absolute Gasteiger partial charge is 0.335 e. The van der Waals surface area contributed by atoms with Gasteiger partial charge in [-0.05, 0) is 62.6 Å². The number of aryl methyl sites for hydroxylation is 1. The molecule has 3 aromatic rings. The summed E-state index contributed by atoms with van der Waals surface area (Å²) in [6, 6.07) is 7.34. The Morgan fingerprint density at radius 3 is 2.34 bits per heavy atom. The summed E-state index contributed by atoms with van der Waals surface area (Å²) in [7, 11) is -3.70. The van der Waals surface area contributed by atoms with Crippen molar-refractivity contribution in [2.24, 2.45) is 0 Å². The number of benzene rings is 2. The average Bonchev–Trinajstić information content (AvgIpc) is 2.75. The molecular weight excluding hydrogens is 428 g/mol. The van der Waals surface area contributed by atoms with E-state index in [2.05, 4.69) is 6.92 Å². The summed E-state index contributed by atoms with van der Waals surface area (Å²) in [5.41, 5.74) is 0.521. The van der Waals surface area contributed by atoms with Crippen molar-refractivity contribution < 1.29 is 22.7 Å². The molecule has 0 aliphatic heterocycles. The van der Waals surface area contributed by atoms with E-state index < -0.39 is 26.5 Å². The molecule has 0 aliphatic carbocycles. The lowest BCUT2D eigenvalue weighted by molar-refractivity contribution is 0.0697. The van der Waals surface area contributed by atoms with Crippen LogP contribution in [0.25, 0.3) is 21.9 Å². The van der Waals surface area contributed by atoms with Crippen LogP contribution in [-0.4, -0.2) is 24.7 Å². The highest BCUT2D eigenvalue weighted by Gasteiger charge is 2.26. The molecule has 7 heteroatoms. The van der Waals surface area contributed by atoms with Crippen LogP contribution in [0.15, 0.2) is 44.4 Å². The highest BCUT2D eigenvalue weighted by Crippen LogP contribution is 2.30. The van der Waals surface area contributed by atoms with E-state index >= 15 is 0 Å². The molecule has 172 valence electrons. The number of carboxylic acids is 1. The van der Waals surface area contributed by atoms with Crippen molar-refractivity contribution in [1.29, 1.82) is 0 Å². The maximum absolute atomic E-state index is 13.3. The number of aromatic carboxylic acids is 1. The highest BCUT2D eigenvalue weighted by atomic mass is 32.2. The van der Waals surface area contributed by atoms with Crippen LogP contribution >= 0.6 is 0 Å². The zero-order chi connectivity index (χ0) is 23.5. The molecule has 1 aromatic heterocycles. The van der Waals surface area contributed by atoms with Crippen LogP contribution in [0.4, 0.5) is 0 Å². The summed E-state index contributed by atoms with van der Waals surface area (Å²) in [4.78, 5) is 24.6. The Morgan fingerprint density at radius 1 is 1.00 bits per heavy atom. The minimum atomic E-state index is -3.70. The van der Waals surface area contributed by atoms with Crippen molar-refractivity contribution in [3.63, 3.8) is 0 Å². The van der Waals surface area contributed by atoms with Gasteiger partial charge in [0.05, 0.1) is 21.6 Å². The van der Waals surface area contributed by atoms with Crippen LogP contribution in [0.5, 0.6) is 0 Å². The van der Waals surface area contributed by atoms with Gasteiger partial charge < -0.3 is 9.52 Å². The molecule has 0 unspecified atom stereocenters. The van der Waals surface area contributed by atoms with E-state index in [0.717, 1.165) is 24.8 Å². The quantitative estimate of drug-likeness (QED) is 0.307. The van der Waals surface area contributed by atoms with Gasteiger partial charge in [0.15, 0.2) is 15.4 Å². The Kier molecular flexibility index (Phi) is 7.39. The van der Waals surface area contributed by atoms with E-state index in [4.69, 9.17) is 4.42 Å². The lowest BCUT2D eigenvalue weighted by atomic mass is 10.0. The Morgan fingerprint density at radius 2 is 1.69 bits per heavy atom. The number of sulfone groups is 1. The molecule has 0 atom stereocenters. The van der Waals surface area contributed by atoms with Gasteiger partial charge in [-0.2, -0.15) is 0 Å². The molecule has 0 aliphatic rings. The molecule has 0 amide bonds. The fourth-order valence-corrected chi connectivity index (χ4v) is 5.07. The van der Waals surface area contributed by atoms with E-state index in [1.807, 2.05) is 0 Å². The summed E-state index contributed by atoms with van der Waals surface area (Å²) >= 11 is 0. The zero-order valence-electron chi connectivity index (χ0n) is 18.8. The van der Waals surface area contributed by atoms with E-state index in [1.54, 1.807) is 26.0 Å². The monoisotopic (exact) mass is 458 g/mol. The van der Waals surface area contributed by atoms with Gasteiger partial charge in [-0.25, -0.2) is 13.2 Å². The van der Waals surface area contributed by atoms with E-state index in [9.17, 15) is 23.1 Å². The van der Waals surface area contributed by atoms with Crippen LogP contribution in [-0.2, 0) is 16.3 Å². The molecule has 2 aromatic carbocycles. The molecule has 0 fully saturated rings. The Balaban J connectivity index is 2.15. The van der Waals surface area contributed by atoms with Gasteiger partial charge in [0.25, 0.3) is 0 Å². The van der Waals surface area contributed by atoms with E-state index in [-0.39, 0.29) is 32.4 Å². The topological polar surface area (TPSA) is 102 Å². The van der Waals surface area contributed by atoms with E-state index in [0.29, 0.717) is 6.42 Å². The second-order valence-corrected chi connectivity index (χ2v) is 11.0. The predicted molar refractivity (Wildman–Crippen MR) is 126 cm³/mol. The van der Waals surface area contributed by atoms with Gasteiger partial charge in [0.2, 0.25) is 5.43 Å². The summed E-state index contributed by atoms with van der Waals surface area (Å²) in [5, 5.41) is 8.89. The second-order valence-electron chi connectivity index (χ2n) is 8.53. The minimum absolute atomic E-state index is 0.0206. The van der Waals surface area contributed by atoms with Gasteiger partial charge in [-0.3, -0.25) is 4.79 Å². The maximum atomic E-state index is 13.3. The van der Waals surface area contributed by atoms with Crippen molar-refractivity contribution in [2.45, 2.75) is 75.9 Å². The normalized spacial score (nSPS) is 12.1. The Labute approximate surface area is 188 Å². The van der Waals surface area contributed by atoms with Crippen LogP contribution in [0.1, 0.15) is 75.2 Å².